The Labute approximate surface area is 198 Å². The van der Waals surface area contributed by atoms with E-state index in [1.54, 1.807) is 36.5 Å². The van der Waals surface area contributed by atoms with Crippen molar-refractivity contribution in [2.75, 3.05) is 24.8 Å². The summed E-state index contributed by atoms with van der Waals surface area (Å²) < 4.78 is 31.3. The maximum Gasteiger partial charge on any atom is 0.227 e. The molecule has 1 aromatic heterocycles. The largest absolute Gasteiger partial charge is 0.492 e. The van der Waals surface area contributed by atoms with E-state index >= 15 is 0 Å². The molecule has 0 radical (unpaired) electrons. The molecular formula is C24H25N5O4S. The van der Waals surface area contributed by atoms with Crippen molar-refractivity contribution >= 4 is 21.7 Å². The van der Waals surface area contributed by atoms with E-state index < -0.39 is 16.1 Å². The molecule has 3 N–H and O–H groups in total. The van der Waals surface area contributed by atoms with Crippen LogP contribution in [-0.4, -0.2) is 43.0 Å². The molecular weight excluding hydrogens is 454 g/mol. The van der Waals surface area contributed by atoms with Crippen LogP contribution >= 0.6 is 0 Å². The first-order valence-electron chi connectivity index (χ1n) is 10.7. The van der Waals surface area contributed by atoms with Gasteiger partial charge in [0.2, 0.25) is 16.0 Å². The summed E-state index contributed by atoms with van der Waals surface area (Å²) in [5.41, 5.74) is 2.53. The molecule has 176 valence electrons. The molecule has 0 aliphatic heterocycles. The van der Waals surface area contributed by atoms with E-state index in [4.69, 9.17) is 4.74 Å². The number of nitrogens with one attached hydrogen (secondary N) is 2. The summed E-state index contributed by atoms with van der Waals surface area (Å²) in [5.74, 6) is 1.08. The number of sulfonamides is 1. The van der Waals surface area contributed by atoms with Gasteiger partial charge in [-0.3, -0.25) is 0 Å². The fourth-order valence-electron chi connectivity index (χ4n) is 3.39. The lowest BCUT2D eigenvalue weighted by atomic mass is 10.1. The van der Waals surface area contributed by atoms with Crippen LogP contribution in [0.3, 0.4) is 0 Å². The first kappa shape index (κ1) is 23.6. The quantitative estimate of drug-likeness (QED) is 0.403. The van der Waals surface area contributed by atoms with Gasteiger partial charge in [-0.25, -0.2) is 23.1 Å². The van der Waals surface area contributed by atoms with Gasteiger partial charge in [0.25, 0.3) is 0 Å². The lowest BCUT2D eigenvalue weighted by Crippen LogP contribution is -2.29. The number of aromatic nitrogens is 2. The van der Waals surface area contributed by atoms with Crippen molar-refractivity contribution in [2.45, 2.75) is 18.9 Å². The minimum atomic E-state index is -3.48. The minimum absolute atomic E-state index is 0.318. The Morgan fingerprint density at radius 3 is 2.62 bits per heavy atom. The molecule has 4 rings (SSSR count). The second kappa shape index (κ2) is 9.77. The van der Waals surface area contributed by atoms with Crippen LogP contribution in [-0.2, 0) is 10.0 Å². The maximum absolute atomic E-state index is 11.6. The van der Waals surface area contributed by atoms with Crippen molar-refractivity contribution in [3.8, 4) is 23.1 Å². The zero-order valence-corrected chi connectivity index (χ0v) is 19.4. The molecule has 34 heavy (non-hydrogen) atoms. The number of hydrogen-bond donors (Lipinski definition) is 3. The number of aliphatic hydroxyl groups is 1. The number of aliphatic hydroxyl groups excluding tert-OH is 1. The molecule has 1 fully saturated rings. The van der Waals surface area contributed by atoms with E-state index in [9.17, 15) is 18.8 Å². The molecule has 0 saturated heterocycles. The minimum Gasteiger partial charge on any atom is -0.492 e. The van der Waals surface area contributed by atoms with Gasteiger partial charge in [-0.1, -0.05) is 12.1 Å². The van der Waals surface area contributed by atoms with E-state index in [-0.39, 0.29) is 12.0 Å². The molecule has 0 spiro atoms. The second-order valence-corrected chi connectivity index (χ2v) is 10.1. The summed E-state index contributed by atoms with van der Waals surface area (Å²) in [6.07, 6.45) is 4.46. The second-order valence-electron chi connectivity index (χ2n) is 8.35. The van der Waals surface area contributed by atoms with Crippen LogP contribution in [0.5, 0.6) is 5.75 Å². The van der Waals surface area contributed by atoms with Crippen molar-refractivity contribution in [1.82, 2.24) is 14.7 Å². The standard InChI is InChI=1S/C24H25N5O4S/c1-34(31,32)29-22(14-30)18-3-2-4-19(13-18)27-23-26-12-9-21(28-23)17-5-7-20(8-6-17)33-16-24(15-25)10-11-24/h2-9,12-13,22,29-30H,10-11,14,16H2,1H3,(H,26,27,28). The number of ether oxygens (including phenoxy) is 1. The first-order valence-corrected chi connectivity index (χ1v) is 12.6. The molecule has 9 nitrogen and oxygen atoms in total. The van der Waals surface area contributed by atoms with Gasteiger partial charge in [0.1, 0.15) is 12.4 Å². The number of hydrogen-bond acceptors (Lipinski definition) is 8. The first-order chi connectivity index (χ1) is 16.3. The van der Waals surface area contributed by atoms with Crippen LogP contribution in [0.15, 0.2) is 60.8 Å². The summed E-state index contributed by atoms with van der Waals surface area (Å²) >= 11 is 0. The van der Waals surface area contributed by atoms with E-state index in [0.717, 1.165) is 24.7 Å². The Bertz CT molecular complexity index is 1300. The number of nitrogens with zero attached hydrogens (tertiary/aromatic N) is 3. The Kier molecular flexibility index (Phi) is 6.79. The van der Waals surface area contributed by atoms with Crippen LogP contribution in [0.2, 0.25) is 0 Å². The summed E-state index contributed by atoms with van der Waals surface area (Å²) in [6, 6.07) is 17.9. The van der Waals surface area contributed by atoms with Crippen LogP contribution in [0.4, 0.5) is 11.6 Å². The zero-order valence-electron chi connectivity index (χ0n) is 18.6. The molecule has 1 aliphatic carbocycles. The number of anilines is 2. The van der Waals surface area contributed by atoms with Crippen molar-refractivity contribution in [2.24, 2.45) is 5.41 Å². The molecule has 0 amide bonds. The SMILES string of the molecule is CS(=O)(=O)NC(CO)c1cccc(Nc2nccc(-c3ccc(OCC4(C#N)CC4)cc3)n2)c1. The van der Waals surface area contributed by atoms with Crippen LogP contribution in [0, 0.1) is 16.7 Å². The Hall–Kier alpha value is -3.52. The van der Waals surface area contributed by atoms with Gasteiger partial charge in [-0.05, 0) is 60.9 Å². The third-order valence-corrected chi connectivity index (χ3v) is 6.21. The third kappa shape index (κ3) is 6.08. The Morgan fingerprint density at radius 1 is 1.21 bits per heavy atom. The van der Waals surface area contributed by atoms with Crippen LogP contribution in [0.1, 0.15) is 24.4 Å². The number of rotatable bonds is 10. The van der Waals surface area contributed by atoms with E-state index in [1.807, 2.05) is 24.3 Å². The van der Waals surface area contributed by atoms with E-state index in [0.29, 0.717) is 35.2 Å². The topological polar surface area (TPSA) is 137 Å². The lowest BCUT2D eigenvalue weighted by molar-refractivity contribution is 0.259. The van der Waals surface area contributed by atoms with E-state index in [2.05, 4.69) is 26.1 Å². The lowest BCUT2D eigenvalue weighted by Gasteiger charge is -2.16. The summed E-state index contributed by atoms with van der Waals surface area (Å²) in [4.78, 5) is 8.83. The molecule has 1 heterocycles. The van der Waals surface area contributed by atoms with Crippen molar-refractivity contribution in [1.29, 1.82) is 5.26 Å². The van der Waals surface area contributed by atoms with Crippen LogP contribution < -0.4 is 14.8 Å². The van der Waals surface area contributed by atoms with Crippen LogP contribution in [0.25, 0.3) is 11.3 Å². The molecule has 2 aromatic carbocycles. The van der Waals surface area contributed by atoms with Gasteiger partial charge in [-0.2, -0.15) is 5.26 Å². The predicted molar refractivity (Wildman–Crippen MR) is 128 cm³/mol. The molecule has 1 saturated carbocycles. The molecule has 3 aromatic rings. The molecule has 10 heteroatoms. The molecule has 1 atom stereocenters. The Morgan fingerprint density at radius 2 is 1.97 bits per heavy atom. The van der Waals surface area contributed by atoms with Gasteiger partial charge in [0.15, 0.2) is 0 Å². The highest BCUT2D eigenvalue weighted by Crippen LogP contribution is 2.45. The predicted octanol–water partition coefficient (Wildman–Crippen LogP) is 3.15. The maximum atomic E-state index is 11.6. The van der Waals surface area contributed by atoms with Gasteiger partial charge in [0.05, 0.1) is 36.1 Å². The average Bonchev–Trinajstić information content (AvgIpc) is 3.62. The highest BCUT2D eigenvalue weighted by molar-refractivity contribution is 7.88. The van der Waals surface area contributed by atoms with Gasteiger partial charge >= 0.3 is 0 Å². The fourth-order valence-corrected chi connectivity index (χ4v) is 4.12. The highest BCUT2D eigenvalue weighted by atomic mass is 32.2. The van der Waals surface area contributed by atoms with E-state index in [1.165, 1.54) is 0 Å². The zero-order chi connectivity index (χ0) is 24.2. The summed E-state index contributed by atoms with van der Waals surface area (Å²) in [6.45, 7) is 0.0278. The van der Waals surface area contributed by atoms with Crippen molar-refractivity contribution in [3.63, 3.8) is 0 Å². The summed E-state index contributed by atoms with van der Waals surface area (Å²) in [7, 11) is -3.48. The summed E-state index contributed by atoms with van der Waals surface area (Å²) in [5, 5.41) is 21.9. The van der Waals surface area contributed by atoms with Crippen molar-refractivity contribution in [3.05, 3.63) is 66.4 Å². The smallest absolute Gasteiger partial charge is 0.227 e. The molecule has 0 bridgehead atoms. The van der Waals surface area contributed by atoms with Gasteiger partial charge in [0, 0.05) is 17.4 Å². The average molecular weight is 480 g/mol. The number of benzene rings is 2. The normalized spacial score (nSPS) is 15.2. The fraction of sp³-hybridized carbons (Fsp3) is 0.292. The molecule has 1 unspecified atom stereocenters. The number of nitriles is 1. The molecule has 1 aliphatic rings. The monoisotopic (exact) mass is 479 g/mol. The Balaban J connectivity index is 1.45. The van der Waals surface area contributed by atoms with Crippen molar-refractivity contribution < 1.29 is 18.3 Å². The third-order valence-electron chi connectivity index (χ3n) is 5.50. The highest BCUT2D eigenvalue weighted by Gasteiger charge is 2.44. The van der Waals surface area contributed by atoms with Gasteiger partial charge < -0.3 is 15.2 Å². The van der Waals surface area contributed by atoms with Gasteiger partial charge in [-0.15, -0.1) is 0 Å².